The highest BCUT2D eigenvalue weighted by atomic mass is 32.2. The van der Waals surface area contributed by atoms with Crippen LogP contribution in [0.25, 0.3) is 11.0 Å². The number of sulfone groups is 1. The van der Waals surface area contributed by atoms with E-state index in [1.165, 1.54) is 16.8 Å². The molecule has 0 amide bonds. The van der Waals surface area contributed by atoms with Crippen LogP contribution in [0.1, 0.15) is 47.1 Å². The monoisotopic (exact) mass is 419 g/mol. The number of fused-ring (bicyclic) bond motifs is 1. The minimum atomic E-state index is -3.57. The van der Waals surface area contributed by atoms with E-state index in [1.54, 1.807) is 7.05 Å². The summed E-state index contributed by atoms with van der Waals surface area (Å²) in [6.45, 7) is 13.4. The Kier molecular flexibility index (Phi) is 6.21. The van der Waals surface area contributed by atoms with E-state index in [2.05, 4.69) is 63.0 Å². The molecule has 2 aromatic heterocycles. The van der Waals surface area contributed by atoms with Crippen LogP contribution in [0.15, 0.2) is 22.2 Å². The fourth-order valence-corrected chi connectivity index (χ4v) is 9.81. The van der Waals surface area contributed by atoms with E-state index in [4.69, 9.17) is 0 Å². The van der Waals surface area contributed by atoms with Gasteiger partial charge in [-0.25, -0.2) is 13.4 Å². The zero-order valence-electron chi connectivity index (χ0n) is 17.9. The first-order chi connectivity index (χ1) is 12.8. The SMILES string of the molecule is CC(C)[Si](C#Cc1cc(=O)n(C)c2nc(S(C)(=O)=O)ncc12)(C(C)C)C(C)C. The predicted molar refractivity (Wildman–Crippen MR) is 116 cm³/mol. The molecule has 0 fully saturated rings. The van der Waals surface area contributed by atoms with Gasteiger partial charge in [-0.2, -0.15) is 4.98 Å². The van der Waals surface area contributed by atoms with Crippen molar-refractivity contribution in [3.05, 3.63) is 28.2 Å². The van der Waals surface area contributed by atoms with Crippen molar-refractivity contribution in [3.8, 4) is 11.5 Å². The van der Waals surface area contributed by atoms with Gasteiger partial charge in [0.05, 0.1) is 5.39 Å². The zero-order valence-corrected chi connectivity index (χ0v) is 19.7. The van der Waals surface area contributed by atoms with Gasteiger partial charge >= 0.3 is 0 Å². The summed E-state index contributed by atoms with van der Waals surface area (Å²) in [5.74, 6) is 3.27. The van der Waals surface area contributed by atoms with Gasteiger partial charge in [-0.05, 0) is 16.6 Å². The maximum atomic E-state index is 12.4. The number of rotatable bonds is 4. The average Bonchev–Trinajstić information content (AvgIpc) is 2.57. The largest absolute Gasteiger partial charge is 0.296 e. The molecule has 0 aliphatic carbocycles. The summed E-state index contributed by atoms with van der Waals surface area (Å²) in [6.07, 6.45) is 2.50. The first-order valence-corrected chi connectivity index (χ1v) is 13.5. The van der Waals surface area contributed by atoms with Crippen molar-refractivity contribution in [1.29, 1.82) is 0 Å². The second-order valence-corrected chi connectivity index (χ2v) is 15.8. The van der Waals surface area contributed by atoms with Crippen molar-refractivity contribution >= 4 is 28.9 Å². The number of hydrogen-bond donors (Lipinski definition) is 0. The lowest BCUT2D eigenvalue weighted by atomic mass is 10.2. The highest BCUT2D eigenvalue weighted by Crippen LogP contribution is 2.40. The van der Waals surface area contributed by atoms with Crippen LogP contribution >= 0.6 is 0 Å². The molecular formula is C20H29N3O3SSi. The molecule has 6 nitrogen and oxygen atoms in total. The summed E-state index contributed by atoms with van der Waals surface area (Å²) >= 11 is 0. The van der Waals surface area contributed by atoms with E-state index >= 15 is 0 Å². The lowest BCUT2D eigenvalue weighted by molar-refractivity contribution is 0.593. The first kappa shape index (κ1) is 22.3. The van der Waals surface area contributed by atoms with Crippen LogP contribution in [-0.4, -0.2) is 37.3 Å². The second kappa shape index (κ2) is 7.80. The average molecular weight is 420 g/mol. The summed E-state index contributed by atoms with van der Waals surface area (Å²) in [4.78, 5) is 20.6. The standard InChI is InChI=1S/C20H29N3O3SSi/c1-13(2)28(14(3)4,15(5)6)10-9-16-11-18(24)23(7)19-17(16)12-21-20(22-19)27(8,25)26/h11-15H,1-8H3. The van der Waals surface area contributed by atoms with E-state index in [1.807, 2.05) is 0 Å². The van der Waals surface area contributed by atoms with E-state index < -0.39 is 17.9 Å². The molecule has 0 saturated heterocycles. The Morgan fingerprint density at radius 3 is 2.07 bits per heavy atom. The lowest BCUT2D eigenvalue weighted by Gasteiger charge is -2.38. The van der Waals surface area contributed by atoms with E-state index in [0.717, 1.165) is 6.26 Å². The molecule has 152 valence electrons. The van der Waals surface area contributed by atoms with Crippen LogP contribution in [0.3, 0.4) is 0 Å². The van der Waals surface area contributed by atoms with Crippen LogP contribution in [-0.2, 0) is 16.9 Å². The first-order valence-electron chi connectivity index (χ1n) is 9.42. The van der Waals surface area contributed by atoms with Crippen molar-refractivity contribution in [1.82, 2.24) is 14.5 Å². The molecule has 0 aliphatic heterocycles. The van der Waals surface area contributed by atoms with Gasteiger partial charge in [-0.3, -0.25) is 9.36 Å². The third-order valence-electron chi connectivity index (χ3n) is 5.56. The predicted octanol–water partition coefficient (Wildman–Crippen LogP) is 3.30. The molecule has 2 heterocycles. The van der Waals surface area contributed by atoms with Crippen molar-refractivity contribution in [2.24, 2.45) is 7.05 Å². The normalized spacial score (nSPS) is 12.7. The van der Waals surface area contributed by atoms with Gasteiger partial charge in [0.2, 0.25) is 15.0 Å². The summed E-state index contributed by atoms with van der Waals surface area (Å²) in [5, 5.41) is 0.288. The van der Waals surface area contributed by atoms with Crippen molar-refractivity contribution in [2.75, 3.05) is 6.26 Å². The molecule has 0 spiro atoms. The molecule has 0 radical (unpaired) electrons. The van der Waals surface area contributed by atoms with Crippen molar-refractivity contribution in [3.63, 3.8) is 0 Å². The molecule has 28 heavy (non-hydrogen) atoms. The van der Waals surface area contributed by atoms with Crippen molar-refractivity contribution in [2.45, 2.75) is 63.3 Å². The van der Waals surface area contributed by atoms with E-state index in [-0.39, 0.29) is 16.4 Å². The van der Waals surface area contributed by atoms with Gasteiger partial charge in [0.1, 0.15) is 13.7 Å². The highest BCUT2D eigenvalue weighted by Gasteiger charge is 2.41. The number of hydrogen-bond acceptors (Lipinski definition) is 5. The van der Waals surface area contributed by atoms with Crippen LogP contribution in [0.4, 0.5) is 0 Å². The van der Waals surface area contributed by atoms with Gasteiger partial charge < -0.3 is 0 Å². The van der Waals surface area contributed by atoms with Gasteiger partial charge in [0.25, 0.3) is 5.56 Å². The Balaban J connectivity index is 2.82. The number of aryl methyl sites for hydroxylation is 1. The molecular weight excluding hydrogens is 390 g/mol. The number of pyridine rings is 1. The Morgan fingerprint density at radius 2 is 1.61 bits per heavy atom. The zero-order chi connectivity index (χ0) is 21.4. The highest BCUT2D eigenvalue weighted by molar-refractivity contribution is 7.90. The molecule has 0 atom stereocenters. The Hall–Kier alpha value is -1.98. The van der Waals surface area contributed by atoms with E-state index in [0.29, 0.717) is 27.6 Å². The third kappa shape index (κ3) is 3.91. The van der Waals surface area contributed by atoms with Gasteiger partial charge in [-0.1, -0.05) is 47.5 Å². The fourth-order valence-electron chi connectivity index (χ4n) is 4.10. The van der Waals surface area contributed by atoms with Crippen LogP contribution < -0.4 is 5.56 Å². The molecule has 0 aliphatic rings. The molecule has 0 N–H and O–H groups in total. The Morgan fingerprint density at radius 1 is 1.07 bits per heavy atom. The molecule has 0 unspecified atom stereocenters. The lowest BCUT2D eigenvalue weighted by Crippen LogP contribution is -2.43. The Labute approximate surface area is 168 Å². The second-order valence-electron chi connectivity index (χ2n) is 8.26. The third-order valence-corrected chi connectivity index (χ3v) is 12.7. The Bertz CT molecular complexity index is 1100. The summed E-state index contributed by atoms with van der Waals surface area (Å²) < 4.78 is 24.9. The van der Waals surface area contributed by atoms with Crippen molar-refractivity contribution < 1.29 is 8.42 Å². The maximum absolute atomic E-state index is 12.4. The van der Waals surface area contributed by atoms with Gasteiger partial charge in [0.15, 0.2) is 0 Å². The molecule has 2 aromatic rings. The summed E-state index contributed by atoms with van der Waals surface area (Å²) in [5.41, 5.74) is 5.54. The molecule has 2 rings (SSSR count). The molecule has 0 aromatic carbocycles. The molecule has 0 bridgehead atoms. The topological polar surface area (TPSA) is 81.9 Å². The van der Waals surface area contributed by atoms with Crippen LogP contribution in [0, 0.1) is 11.5 Å². The van der Waals surface area contributed by atoms with Gasteiger partial charge in [-0.15, -0.1) is 5.54 Å². The van der Waals surface area contributed by atoms with Crippen LogP contribution in [0.2, 0.25) is 16.6 Å². The maximum Gasteiger partial charge on any atom is 0.253 e. The summed E-state index contributed by atoms with van der Waals surface area (Å²) in [6, 6.07) is 1.49. The van der Waals surface area contributed by atoms with Crippen LogP contribution in [0.5, 0.6) is 0 Å². The number of nitrogens with zero attached hydrogens (tertiary/aromatic N) is 3. The summed E-state index contributed by atoms with van der Waals surface area (Å²) in [7, 11) is -3.98. The van der Waals surface area contributed by atoms with E-state index in [9.17, 15) is 13.2 Å². The fraction of sp³-hybridized carbons (Fsp3) is 0.550. The quantitative estimate of drug-likeness (QED) is 0.431. The minimum absolute atomic E-state index is 0.276. The van der Waals surface area contributed by atoms with Gasteiger partial charge in [0, 0.05) is 31.1 Å². The molecule has 8 heteroatoms. The number of aromatic nitrogens is 3. The smallest absolute Gasteiger partial charge is 0.253 e. The minimum Gasteiger partial charge on any atom is -0.296 e. The molecule has 0 saturated carbocycles.